The highest BCUT2D eigenvalue weighted by molar-refractivity contribution is 6.33. The van der Waals surface area contributed by atoms with Gasteiger partial charge in [0, 0.05) is 55.6 Å². The number of carbonyl (C=O) groups excluding carboxylic acids is 2. The van der Waals surface area contributed by atoms with Crippen molar-refractivity contribution in [3.05, 3.63) is 85.9 Å². The summed E-state index contributed by atoms with van der Waals surface area (Å²) in [7, 11) is 0. The molecule has 6 rings (SSSR count). The second-order valence-corrected chi connectivity index (χ2v) is 11.4. The lowest BCUT2D eigenvalue weighted by atomic mass is 10.0. The first kappa shape index (κ1) is 28.2. The van der Waals surface area contributed by atoms with Crippen LogP contribution in [0, 0.1) is 11.7 Å². The maximum absolute atomic E-state index is 14.3. The summed E-state index contributed by atoms with van der Waals surface area (Å²) in [6, 6.07) is 11.8. The molecular weight excluding hydrogens is 565 g/mol. The molecule has 0 spiro atoms. The van der Waals surface area contributed by atoms with Gasteiger partial charge in [-0.1, -0.05) is 41.9 Å². The van der Waals surface area contributed by atoms with Gasteiger partial charge in [0.25, 0.3) is 5.56 Å². The Hall–Kier alpha value is -3.96. The summed E-state index contributed by atoms with van der Waals surface area (Å²) in [6.45, 7) is 2.13. The first-order valence-electron chi connectivity index (χ1n) is 14.1. The minimum Gasteiger partial charge on any atom is -0.381 e. The molecule has 4 heterocycles. The van der Waals surface area contributed by atoms with E-state index in [1.807, 2.05) is 29.2 Å². The maximum Gasteiger partial charge on any atom is 0.331 e. The van der Waals surface area contributed by atoms with Gasteiger partial charge in [0.2, 0.25) is 5.91 Å². The number of piperidine rings is 1. The predicted molar refractivity (Wildman–Crippen MR) is 155 cm³/mol. The molecule has 2 fully saturated rings. The SMILES string of the molecule is O=C(Cn1cc(-c2cccc(F)c2Cl)c(=O)n(CC2COC2)c1=O)N1CCC(N2CCc3ccccc3NC2=O)CC1. The number of urea groups is 1. The number of anilines is 1. The third kappa shape index (κ3) is 5.46. The van der Waals surface area contributed by atoms with Crippen molar-refractivity contribution in [2.45, 2.75) is 38.4 Å². The van der Waals surface area contributed by atoms with Crippen molar-refractivity contribution >= 4 is 29.2 Å². The van der Waals surface area contributed by atoms with Gasteiger partial charge in [0.05, 0.1) is 23.8 Å². The van der Waals surface area contributed by atoms with Crippen molar-refractivity contribution in [2.75, 3.05) is 38.2 Å². The monoisotopic (exact) mass is 595 g/mol. The van der Waals surface area contributed by atoms with Crippen molar-refractivity contribution in [3.63, 3.8) is 0 Å². The summed E-state index contributed by atoms with van der Waals surface area (Å²) >= 11 is 6.20. The first-order chi connectivity index (χ1) is 20.3. The number of amides is 3. The van der Waals surface area contributed by atoms with Gasteiger partial charge in [0.15, 0.2) is 0 Å². The number of ether oxygens (including phenoxy) is 1. The van der Waals surface area contributed by atoms with Gasteiger partial charge in [0.1, 0.15) is 12.4 Å². The number of nitrogens with one attached hydrogen (secondary N) is 1. The molecule has 3 aliphatic heterocycles. The van der Waals surface area contributed by atoms with Gasteiger partial charge < -0.3 is 19.9 Å². The molecule has 0 atom stereocenters. The van der Waals surface area contributed by atoms with Crippen LogP contribution in [0.15, 0.2) is 58.3 Å². The van der Waals surface area contributed by atoms with Crippen LogP contribution in [0.2, 0.25) is 5.02 Å². The highest BCUT2D eigenvalue weighted by Crippen LogP contribution is 2.28. The van der Waals surface area contributed by atoms with Gasteiger partial charge in [-0.25, -0.2) is 14.0 Å². The van der Waals surface area contributed by atoms with Crippen molar-refractivity contribution in [3.8, 4) is 11.1 Å². The Morgan fingerprint density at radius 1 is 1.00 bits per heavy atom. The molecule has 42 heavy (non-hydrogen) atoms. The van der Waals surface area contributed by atoms with E-state index in [-0.39, 0.29) is 53.1 Å². The Morgan fingerprint density at radius 3 is 2.50 bits per heavy atom. The zero-order valence-electron chi connectivity index (χ0n) is 22.9. The lowest BCUT2D eigenvalue weighted by Gasteiger charge is -2.38. The lowest BCUT2D eigenvalue weighted by molar-refractivity contribution is -0.133. The van der Waals surface area contributed by atoms with Crippen LogP contribution >= 0.6 is 11.6 Å². The fourth-order valence-corrected chi connectivity index (χ4v) is 6.11. The minimum absolute atomic E-state index is 0.0132. The third-order valence-electron chi connectivity index (χ3n) is 8.33. The molecule has 2 aromatic carbocycles. The first-order valence-corrected chi connectivity index (χ1v) is 14.5. The molecule has 1 N–H and O–H groups in total. The van der Waals surface area contributed by atoms with Gasteiger partial charge >= 0.3 is 11.7 Å². The van der Waals surface area contributed by atoms with E-state index in [1.54, 1.807) is 4.90 Å². The van der Waals surface area contributed by atoms with E-state index in [2.05, 4.69) is 5.32 Å². The topological polar surface area (TPSA) is 106 Å². The highest BCUT2D eigenvalue weighted by Gasteiger charge is 2.32. The number of benzene rings is 2. The van der Waals surface area contributed by atoms with E-state index in [9.17, 15) is 23.6 Å². The van der Waals surface area contributed by atoms with E-state index < -0.39 is 17.1 Å². The summed E-state index contributed by atoms with van der Waals surface area (Å²) in [5.41, 5.74) is 0.901. The quantitative estimate of drug-likeness (QED) is 0.471. The molecule has 0 unspecified atom stereocenters. The van der Waals surface area contributed by atoms with Crippen molar-refractivity contribution in [1.82, 2.24) is 18.9 Å². The van der Waals surface area contributed by atoms with Crippen molar-refractivity contribution in [2.24, 2.45) is 5.92 Å². The molecule has 12 heteroatoms. The largest absolute Gasteiger partial charge is 0.381 e. The Balaban J connectivity index is 1.19. The number of hydrogen-bond acceptors (Lipinski definition) is 5. The minimum atomic E-state index is -0.689. The molecule has 3 aliphatic rings. The zero-order valence-corrected chi connectivity index (χ0v) is 23.7. The van der Waals surface area contributed by atoms with Crippen LogP contribution in [0.4, 0.5) is 14.9 Å². The summed E-state index contributed by atoms with van der Waals surface area (Å²) in [4.78, 5) is 56.7. The fraction of sp³-hybridized carbons (Fsp3) is 0.400. The van der Waals surface area contributed by atoms with Crippen LogP contribution in [0.5, 0.6) is 0 Å². The summed E-state index contributed by atoms with van der Waals surface area (Å²) in [5, 5.41) is 2.77. The molecule has 3 aromatic rings. The number of para-hydroxylation sites is 1. The summed E-state index contributed by atoms with van der Waals surface area (Å²) < 4.78 is 21.8. The van der Waals surface area contributed by atoms with E-state index in [4.69, 9.17) is 16.3 Å². The number of carbonyl (C=O) groups is 2. The van der Waals surface area contributed by atoms with Gasteiger partial charge in [-0.3, -0.25) is 18.7 Å². The highest BCUT2D eigenvalue weighted by atomic mass is 35.5. The average Bonchev–Trinajstić information content (AvgIpc) is 3.13. The fourth-order valence-electron chi connectivity index (χ4n) is 5.88. The number of likely N-dealkylation sites (tertiary alicyclic amines) is 1. The maximum atomic E-state index is 14.3. The van der Waals surface area contributed by atoms with Gasteiger partial charge in [-0.15, -0.1) is 0 Å². The summed E-state index contributed by atoms with van der Waals surface area (Å²) in [5.74, 6) is -0.983. The molecule has 2 saturated heterocycles. The molecule has 0 saturated carbocycles. The van der Waals surface area contributed by atoms with Crippen LogP contribution in [-0.4, -0.2) is 69.8 Å². The smallest absolute Gasteiger partial charge is 0.331 e. The van der Waals surface area contributed by atoms with E-state index >= 15 is 0 Å². The molecule has 0 bridgehead atoms. The van der Waals surface area contributed by atoms with E-state index in [1.165, 1.54) is 29.0 Å². The number of rotatable bonds is 6. The Kier molecular flexibility index (Phi) is 7.87. The Bertz CT molecular complexity index is 1640. The van der Waals surface area contributed by atoms with E-state index in [0.717, 1.165) is 22.2 Å². The Morgan fingerprint density at radius 2 is 1.76 bits per heavy atom. The van der Waals surface area contributed by atoms with Crippen LogP contribution in [0.25, 0.3) is 11.1 Å². The van der Waals surface area contributed by atoms with Crippen LogP contribution in [0.1, 0.15) is 18.4 Å². The molecular formula is C30H31ClFN5O5. The lowest BCUT2D eigenvalue weighted by Crippen LogP contribution is -2.51. The second kappa shape index (κ2) is 11.7. The standard InChI is InChI=1S/C30H31ClFN5O5/c31-27-22(5-3-6-24(27)32)23-15-35(30(41)37(28(23)39)14-19-17-42-18-19)16-26(38)34-11-9-21(10-12-34)36-13-8-20-4-1-2-7-25(20)33-29(36)40/h1-7,15,19,21H,8-14,16-18H2,(H,33,40). The second-order valence-electron chi connectivity index (χ2n) is 11.0. The molecule has 0 aliphatic carbocycles. The normalized spacial score (nSPS) is 17.8. The molecule has 1 aromatic heterocycles. The number of halogens is 2. The number of fused-ring (bicyclic) bond motifs is 1. The molecule has 3 amide bonds. The van der Waals surface area contributed by atoms with E-state index in [0.29, 0.717) is 45.7 Å². The van der Waals surface area contributed by atoms with Crippen LogP contribution in [-0.2, 0) is 29.0 Å². The zero-order chi connectivity index (χ0) is 29.4. The summed E-state index contributed by atoms with van der Waals surface area (Å²) in [6.07, 6.45) is 3.26. The van der Waals surface area contributed by atoms with Gasteiger partial charge in [-0.05, 0) is 37.0 Å². The third-order valence-corrected chi connectivity index (χ3v) is 8.72. The van der Waals surface area contributed by atoms with Crippen LogP contribution < -0.4 is 16.6 Å². The van der Waals surface area contributed by atoms with Crippen LogP contribution in [0.3, 0.4) is 0 Å². The molecule has 0 radical (unpaired) electrons. The number of hydrogen-bond donors (Lipinski definition) is 1. The molecule has 220 valence electrons. The number of aromatic nitrogens is 2. The van der Waals surface area contributed by atoms with Crippen molar-refractivity contribution < 1.29 is 18.7 Å². The number of nitrogens with zero attached hydrogens (tertiary/aromatic N) is 4. The average molecular weight is 596 g/mol. The predicted octanol–water partition coefficient (Wildman–Crippen LogP) is 3.20. The van der Waals surface area contributed by atoms with Gasteiger partial charge in [-0.2, -0.15) is 0 Å². The Labute approximate surface area is 246 Å². The molecule has 10 nitrogen and oxygen atoms in total. The van der Waals surface area contributed by atoms with Crippen molar-refractivity contribution in [1.29, 1.82) is 0 Å².